The van der Waals surface area contributed by atoms with Crippen LogP contribution in [0, 0.1) is 4.91 Å². The van der Waals surface area contributed by atoms with E-state index in [2.05, 4.69) is 0 Å². The Morgan fingerprint density at radius 3 is 2.55 bits per heavy atom. The molecule has 58 valence electrons. The van der Waals surface area contributed by atoms with E-state index in [1.807, 2.05) is 19.1 Å². The lowest BCUT2D eigenvalue weighted by Crippen LogP contribution is -1.95. The van der Waals surface area contributed by atoms with Crippen LogP contribution >= 0.6 is 0 Å². The Balaban J connectivity index is 3.12. The fourth-order valence-electron chi connectivity index (χ4n) is 0.996. The second kappa shape index (κ2) is 3.14. The molecule has 0 unspecified atom stereocenters. The molecule has 0 amide bonds. The molecule has 0 fully saturated rings. The SMILES string of the molecule is CCc1ccccc1[N+](=O)O. The summed E-state index contributed by atoms with van der Waals surface area (Å²) in [6.07, 6.45) is 0.746. The van der Waals surface area contributed by atoms with Gasteiger partial charge >= 0.3 is 5.69 Å². The van der Waals surface area contributed by atoms with Crippen molar-refractivity contribution in [1.82, 2.24) is 0 Å². The number of aryl methyl sites for hydroxylation is 1. The number of hydrogen-bond donors (Lipinski definition) is 1. The molecule has 1 N–H and O–H groups in total. The van der Waals surface area contributed by atoms with Gasteiger partial charge in [-0.05, 0) is 6.42 Å². The summed E-state index contributed by atoms with van der Waals surface area (Å²) in [5.41, 5.74) is 1.18. The molecule has 3 nitrogen and oxygen atoms in total. The molecule has 0 heterocycles. The molecular formula is C8H10NO2+. The number of benzene rings is 1. The van der Waals surface area contributed by atoms with Crippen LogP contribution in [0.5, 0.6) is 0 Å². The van der Waals surface area contributed by atoms with E-state index in [1.54, 1.807) is 12.1 Å². The van der Waals surface area contributed by atoms with Gasteiger partial charge in [0, 0.05) is 11.6 Å². The van der Waals surface area contributed by atoms with Crippen molar-refractivity contribution in [3.8, 4) is 0 Å². The van der Waals surface area contributed by atoms with Gasteiger partial charge < -0.3 is 0 Å². The summed E-state index contributed by atoms with van der Waals surface area (Å²) in [5, 5.41) is 8.61. The minimum absolute atomic E-state index is 0.0984. The molecule has 0 aliphatic heterocycles. The molecule has 0 spiro atoms. The summed E-state index contributed by atoms with van der Waals surface area (Å²) in [6, 6.07) is 6.96. The third kappa shape index (κ3) is 1.55. The molecule has 11 heavy (non-hydrogen) atoms. The minimum Gasteiger partial charge on any atom is -0.241 e. The number of hydrogen-bond acceptors (Lipinski definition) is 1. The van der Waals surface area contributed by atoms with Gasteiger partial charge in [-0.15, -0.1) is 0 Å². The maximum Gasteiger partial charge on any atom is 0.319 e. The van der Waals surface area contributed by atoms with Crippen LogP contribution in [0.25, 0.3) is 0 Å². The second-order valence-corrected chi connectivity index (χ2v) is 2.26. The fraction of sp³-hybridized carbons (Fsp3) is 0.250. The van der Waals surface area contributed by atoms with Crippen molar-refractivity contribution in [3.05, 3.63) is 34.7 Å². The Morgan fingerprint density at radius 2 is 2.09 bits per heavy atom. The first-order valence-corrected chi connectivity index (χ1v) is 3.49. The van der Waals surface area contributed by atoms with Crippen LogP contribution in [0.3, 0.4) is 0 Å². The summed E-state index contributed by atoms with van der Waals surface area (Å²) in [7, 11) is 0. The lowest BCUT2D eigenvalue weighted by Gasteiger charge is -1.92. The monoisotopic (exact) mass is 152 g/mol. The normalized spacial score (nSPS) is 9.55. The Bertz CT molecular complexity index is 271. The van der Waals surface area contributed by atoms with Gasteiger partial charge in [-0.2, -0.15) is 0 Å². The molecule has 0 aromatic heterocycles. The van der Waals surface area contributed by atoms with E-state index in [1.165, 1.54) is 0 Å². The van der Waals surface area contributed by atoms with E-state index in [9.17, 15) is 4.91 Å². The molecule has 3 heteroatoms. The Morgan fingerprint density at radius 1 is 1.45 bits per heavy atom. The molecular weight excluding hydrogens is 142 g/mol. The van der Waals surface area contributed by atoms with Crippen LogP contribution in [-0.2, 0) is 6.42 Å². The Hall–Kier alpha value is -1.38. The third-order valence-electron chi connectivity index (χ3n) is 1.58. The summed E-state index contributed by atoms with van der Waals surface area (Å²) in [6.45, 7) is 1.93. The highest BCUT2D eigenvalue weighted by Gasteiger charge is 2.14. The standard InChI is InChI=1S/C8H10NO2/c1-2-7-5-3-4-6-8(7)9(10)11/h3-6H,2H2,1H3,(H,10,11)/q+1. The third-order valence-corrected chi connectivity index (χ3v) is 1.58. The van der Waals surface area contributed by atoms with Gasteiger partial charge in [0.05, 0.1) is 4.91 Å². The van der Waals surface area contributed by atoms with E-state index in [-0.39, 0.29) is 4.92 Å². The molecule has 0 saturated carbocycles. The number of rotatable bonds is 2. The highest BCUT2D eigenvalue weighted by Crippen LogP contribution is 2.16. The largest absolute Gasteiger partial charge is 0.319 e. The van der Waals surface area contributed by atoms with Gasteiger partial charge in [0.1, 0.15) is 0 Å². The van der Waals surface area contributed by atoms with Crippen LogP contribution in [0.15, 0.2) is 24.3 Å². The zero-order chi connectivity index (χ0) is 8.27. The first kappa shape index (κ1) is 7.72. The smallest absolute Gasteiger partial charge is 0.241 e. The molecule has 0 saturated heterocycles. The second-order valence-electron chi connectivity index (χ2n) is 2.26. The van der Waals surface area contributed by atoms with Crippen molar-refractivity contribution in [1.29, 1.82) is 0 Å². The van der Waals surface area contributed by atoms with Gasteiger partial charge in [-0.1, -0.05) is 25.1 Å². The van der Waals surface area contributed by atoms with E-state index in [4.69, 9.17) is 5.21 Å². The maximum atomic E-state index is 10.5. The van der Waals surface area contributed by atoms with Crippen molar-refractivity contribution >= 4 is 5.69 Å². The molecule has 0 bridgehead atoms. The zero-order valence-electron chi connectivity index (χ0n) is 6.32. The van der Waals surface area contributed by atoms with Crippen molar-refractivity contribution < 1.29 is 10.1 Å². The van der Waals surface area contributed by atoms with Crippen LogP contribution in [0.1, 0.15) is 12.5 Å². The average molecular weight is 152 g/mol. The van der Waals surface area contributed by atoms with Crippen LogP contribution < -0.4 is 0 Å². The predicted octanol–water partition coefficient (Wildman–Crippen LogP) is 2.05. The number of nitrogens with zero attached hydrogens (tertiary/aromatic N) is 1. The van der Waals surface area contributed by atoms with Crippen LogP contribution in [-0.4, -0.2) is 10.1 Å². The molecule has 0 atom stereocenters. The summed E-state index contributed by atoms with van der Waals surface area (Å²) >= 11 is 0. The predicted molar refractivity (Wildman–Crippen MR) is 40.9 cm³/mol. The lowest BCUT2D eigenvalue weighted by atomic mass is 10.1. The van der Waals surface area contributed by atoms with E-state index in [0.717, 1.165) is 12.0 Å². The fourth-order valence-corrected chi connectivity index (χ4v) is 0.996. The van der Waals surface area contributed by atoms with Gasteiger partial charge in [-0.3, -0.25) is 0 Å². The quantitative estimate of drug-likeness (QED) is 0.659. The van der Waals surface area contributed by atoms with E-state index in [0.29, 0.717) is 5.69 Å². The maximum absolute atomic E-state index is 10.5. The van der Waals surface area contributed by atoms with E-state index >= 15 is 0 Å². The number of para-hydroxylation sites is 1. The Kier molecular flexibility index (Phi) is 2.21. The first-order valence-electron chi connectivity index (χ1n) is 3.49. The summed E-state index contributed by atoms with van der Waals surface area (Å²) in [5.74, 6) is 0. The van der Waals surface area contributed by atoms with Crippen molar-refractivity contribution in [2.24, 2.45) is 0 Å². The molecule has 0 aliphatic rings. The van der Waals surface area contributed by atoms with Crippen molar-refractivity contribution in [3.63, 3.8) is 0 Å². The van der Waals surface area contributed by atoms with Crippen molar-refractivity contribution in [2.45, 2.75) is 13.3 Å². The molecule has 1 rings (SSSR count). The zero-order valence-corrected chi connectivity index (χ0v) is 6.32. The molecule has 1 aromatic carbocycles. The lowest BCUT2D eigenvalue weighted by molar-refractivity contribution is -0.730. The Labute approximate surface area is 64.8 Å². The highest BCUT2D eigenvalue weighted by atomic mass is 16.6. The van der Waals surface area contributed by atoms with Crippen LogP contribution in [0.4, 0.5) is 5.69 Å². The molecule has 0 radical (unpaired) electrons. The molecule has 0 aliphatic carbocycles. The van der Waals surface area contributed by atoms with Gasteiger partial charge in [-0.25, -0.2) is 5.21 Å². The topological polar surface area (TPSA) is 40.3 Å². The van der Waals surface area contributed by atoms with Crippen LogP contribution in [0.2, 0.25) is 0 Å². The van der Waals surface area contributed by atoms with Gasteiger partial charge in [0.15, 0.2) is 0 Å². The van der Waals surface area contributed by atoms with Gasteiger partial charge in [0.2, 0.25) is 0 Å². The van der Waals surface area contributed by atoms with Gasteiger partial charge in [0.25, 0.3) is 4.92 Å². The first-order chi connectivity index (χ1) is 5.25. The summed E-state index contributed by atoms with van der Waals surface area (Å²) < 4.78 is 0. The average Bonchev–Trinajstić information content (AvgIpc) is 2.04. The van der Waals surface area contributed by atoms with Crippen molar-refractivity contribution in [2.75, 3.05) is 0 Å². The minimum atomic E-state index is -0.0984. The highest BCUT2D eigenvalue weighted by molar-refractivity contribution is 5.38. The molecule has 1 aromatic rings. The summed E-state index contributed by atoms with van der Waals surface area (Å²) in [4.78, 5) is 10.4. The van der Waals surface area contributed by atoms with E-state index < -0.39 is 0 Å².